The van der Waals surface area contributed by atoms with Crippen LogP contribution in [0.25, 0.3) is 0 Å². The third-order valence-corrected chi connectivity index (χ3v) is 2.00. The average Bonchev–Trinajstić information content (AvgIpc) is 2.23. The Kier molecular flexibility index (Phi) is 5.57. The summed E-state index contributed by atoms with van der Waals surface area (Å²) in [6, 6.07) is 16.4. The van der Waals surface area contributed by atoms with Gasteiger partial charge in [-0.25, -0.2) is 4.39 Å². The van der Waals surface area contributed by atoms with Crippen LogP contribution in [0.1, 0.15) is 11.1 Å². The van der Waals surface area contributed by atoms with E-state index in [1.807, 2.05) is 36.8 Å². The third kappa shape index (κ3) is 4.09. The first-order chi connectivity index (χ1) is 6.84. The van der Waals surface area contributed by atoms with E-state index < -0.39 is 0 Å². The van der Waals surface area contributed by atoms with Crippen LogP contribution in [0.3, 0.4) is 0 Å². The van der Waals surface area contributed by atoms with Crippen LogP contribution in [0.5, 0.6) is 0 Å². The Hall–Kier alpha value is -0.124. The third-order valence-electron chi connectivity index (χ3n) is 2.00. The molecule has 2 aromatic carbocycles. The van der Waals surface area contributed by atoms with Gasteiger partial charge in [-0.2, -0.15) is 0 Å². The van der Waals surface area contributed by atoms with Gasteiger partial charge in [0.05, 0.1) is 0 Å². The van der Waals surface area contributed by atoms with Crippen molar-refractivity contribution in [2.45, 2.75) is 0 Å². The van der Waals surface area contributed by atoms with Crippen molar-refractivity contribution in [3.05, 3.63) is 78.0 Å². The molecule has 0 fully saturated rings. The van der Waals surface area contributed by atoms with Gasteiger partial charge in [-0.05, 0) is 0 Å². The Morgan fingerprint density at radius 2 is 1.27 bits per heavy atom. The molecule has 0 nitrogen and oxygen atoms in total. The maximum absolute atomic E-state index is 12.6. The van der Waals surface area contributed by atoms with Crippen LogP contribution in [-0.2, 0) is 0 Å². The first-order valence-electron chi connectivity index (χ1n) is 4.50. The van der Waals surface area contributed by atoms with Crippen molar-refractivity contribution in [1.29, 1.82) is 0 Å². The SMILES string of the molecule is Fc1ccc([CH-]c2ccccc2)cc1.[K+]. The first kappa shape index (κ1) is 12.9. The number of hydrogen-bond acceptors (Lipinski definition) is 0. The largest absolute Gasteiger partial charge is 1.00 e. The van der Waals surface area contributed by atoms with Gasteiger partial charge < -0.3 is 0 Å². The molecule has 0 aliphatic carbocycles. The number of rotatable bonds is 2. The molecule has 0 spiro atoms. The predicted octanol–water partition coefficient (Wildman–Crippen LogP) is 0.430. The van der Waals surface area contributed by atoms with Crippen molar-refractivity contribution >= 4 is 0 Å². The monoisotopic (exact) mass is 224 g/mol. The second-order valence-electron chi connectivity index (χ2n) is 3.11. The van der Waals surface area contributed by atoms with Crippen molar-refractivity contribution in [1.82, 2.24) is 0 Å². The van der Waals surface area contributed by atoms with E-state index in [2.05, 4.69) is 0 Å². The molecule has 0 radical (unpaired) electrons. The standard InChI is InChI=1S/C13H10F.K/c14-13-8-6-12(7-9-13)10-11-4-2-1-3-5-11;/h1-10H;/q-1;+1. The van der Waals surface area contributed by atoms with Gasteiger partial charge in [-0.3, -0.25) is 0 Å². The van der Waals surface area contributed by atoms with Crippen molar-refractivity contribution < 1.29 is 55.8 Å². The van der Waals surface area contributed by atoms with Crippen LogP contribution in [-0.4, -0.2) is 0 Å². The molecule has 0 saturated carbocycles. The molecule has 2 rings (SSSR count). The second-order valence-corrected chi connectivity index (χ2v) is 3.11. The fourth-order valence-electron chi connectivity index (χ4n) is 1.30. The van der Waals surface area contributed by atoms with Crippen LogP contribution < -0.4 is 51.4 Å². The maximum Gasteiger partial charge on any atom is 1.00 e. The molecule has 0 heterocycles. The predicted molar refractivity (Wildman–Crippen MR) is 55.3 cm³/mol. The Morgan fingerprint density at radius 1 is 0.733 bits per heavy atom. The number of hydrogen-bond donors (Lipinski definition) is 0. The molecule has 0 atom stereocenters. The summed E-state index contributed by atoms with van der Waals surface area (Å²) < 4.78 is 12.6. The van der Waals surface area contributed by atoms with Crippen LogP contribution in [0.15, 0.2) is 54.6 Å². The fourth-order valence-corrected chi connectivity index (χ4v) is 1.30. The summed E-state index contributed by atoms with van der Waals surface area (Å²) >= 11 is 0. The molecule has 15 heavy (non-hydrogen) atoms. The van der Waals surface area contributed by atoms with Crippen LogP contribution in [0.2, 0.25) is 0 Å². The quantitative estimate of drug-likeness (QED) is 0.513. The van der Waals surface area contributed by atoms with Gasteiger partial charge in [0.2, 0.25) is 0 Å². The van der Waals surface area contributed by atoms with E-state index in [1.54, 1.807) is 12.1 Å². The van der Waals surface area contributed by atoms with Gasteiger partial charge in [0.1, 0.15) is 5.82 Å². The van der Waals surface area contributed by atoms with Gasteiger partial charge in [-0.1, -0.05) is 30.3 Å². The Bertz CT molecular complexity index is 395. The van der Waals surface area contributed by atoms with E-state index >= 15 is 0 Å². The molecule has 70 valence electrons. The van der Waals surface area contributed by atoms with Crippen molar-refractivity contribution in [3.8, 4) is 0 Å². The zero-order valence-corrected chi connectivity index (χ0v) is 11.8. The van der Waals surface area contributed by atoms with Gasteiger partial charge in [-0.15, -0.1) is 41.8 Å². The minimum atomic E-state index is -0.199. The van der Waals surface area contributed by atoms with Gasteiger partial charge in [0, 0.05) is 0 Å². The smallest absolute Gasteiger partial charge is 0.208 e. The normalized spacial score (nSPS) is 9.13. The van der Waals surface area contributed by atoms with Gasteiger partial charge in [0.25, 0.3) is 0 Å². The minimum Gasteiger partial charge on any atom is -0.208 e. The molecule has 0 unspecified atom stereocenters. The summed E-state index contributed by atoms with van der Waals surface area (Å²) in [6.45, 7) is 0. The molecular weight excluding hydrogens is 214 g/mol. The summed E-state index contributed by atoms with van der Waals surface area (Å²) in [5.74, 6) is -0.199. The van der Waals surface area contributed by atoms with E-state index in [0.717, 1.165) is 11.1 Å². The van der Waals surface area contributed by atoms with Gasteiger partial charge >= 0.3 is 51.4 Å². The summed E-state index contributed by atoms with van der Waals surface area (Å²) in [5.41, 5.74) is 2.14. The molecule has 0 aliphatic rings. The van der Waals surface area contributed by atoms with Crippen molar-refractivity contribution in [2.75, 3.05) is 0 Å². The minimum absolute atomic E-state index is 0. The second kappa shape index (κ2) is 6.46. The van der Waals surface area contributed by atoms with Crippen molar-refractivity contribution in [3.63, 3.8) is 0 Å². The Morgan fingerprint density at radius 3 is 1.87 bits per heavy atom. The molecule has 0 amide bonds. The molecule has 2 aromatic rings. The fraction of sp³-hybridized carbons (Fsp3) is 0. The van der Waals surface area contributed by atoms with E-state index in [0.29, 0.717) is 0 Å². The van der Waals surface area contributed by atoms with Crippen LogP contribution in [0.4, 0.5) is 4.39 Å². The number of halogens is 1. The molecule has 2 heteroatoms. The summed E-state index contributed by atoms with van der Waals surface area (Å²) in [6.07, 6.45) is 2.01. The first-order valence-corrected chi connectivity index (χ1v) is 4.50. The summed E-state index contributed by atoms with van der Waals surface area (Å²) in [5, 5.41) is 0. The maximum atomic E-state index is 12.6. The van der Waals surface area contributed by atoms with E-state index in [-0.39, 0.29) is 57.2 Å². The molecule has 0 bridgehead atoms. The number of benzene rings is 2. The van der Waals surface area contributed by atoms with Gasteiger partial charge in [0.15, 0.2) is 0 Å². The van der Waals surface area contributed by atoms with Crippen LogP contribution in [0, 0.1) is 12.2 Å². The topological polar surface area (TPSA) is 0 Å². The van der Waals surface area contributed by atoms with E-state index in [9.17, 15) is 4.39 Å². The van der Waals surface area contributed by atoms with E-state index in [4.69, 9.17) is 0 Å². The molecular formula is C13H10FK. The Balaban J connectivity index is 0.00000112. The molecule has 0 saturated heterocycles. The molecule has 0 aliphatic heterocycles. The zero-order chi connectivity index (χ0) is 9.80. The van der Waals surface area contributed by atoms with Crippen molar-refractivity contribution in [2.24, 2.45) is 0 Å². The molecule has 0 N–H and O–H groups in total. The Labute approximate surface area is 132 Å². The van der Waals surface area contributed by atoms with E-state index in [1.165, 1.54) is 12.1 Å². The summed E-state index contributed by atoms with van der Waals surface area (Å²) in [4.78, 5) is 0. The average molecular weight is 224 g/mol. The van der Waals surface area contributed by atoms with Crippen LogP contribution >= 0.6 is 0 Å². The zero-order valence-electron chi connectivity index (χ0n) is 8.65. The summed E-state index contributed by atoms with van der Waals surface area (Å²) in [7, 11) is 0. The molecule has 0 aromatic heterocycles.